The van der Waals surface area contributed by atoms with Crippen molar-refractivity contribution in [2.75, 3.05) is 18.0 Å². The summed E-state index contributed by atoms with van der Waals surface area (Å²) in [5, 5.41) is 15.3. The number of ether oxygens (including phenoxy) is 1. The summed E-state index contributed by atoms with van der Waals surface area (Å²) in [6, 6.07) is 15.8. The van der Waals surface area contributed by atoms with Crippen LogP contribution in [-0.4, -0.2) is 29.3 Å². The molecule has 9 heteroatoms. The standard InChI is InChI=1S/C32H25Cl3N2O4/c33-26-4-3-5-27(34)29(26)30-25(31(41-36-30)21-8-9-21)18-40-24-11-10-20(28(35)17-24)7-6-19-14-22(32(38)39)16-23(15-19)37-12-1-2-13-37/h3-5,10-11,14-17,21H,1-2,8-9,12-13,18H2,(H,38,39). The molecule has 2 fully saturated rings. The predicted molar refractivity (Wildman–Crippen MR) is 161 cm³/mol. The van der Waals surface area contributed by atoms with Crippen LogP contribution in [0.3, 0.4) is 0 Å². The highest BCUT2D eigenvalue weighted by Gasteiger charge is 2.33. The van der Waals surface area contributed by atoms with E-state index < -0.39 is 5.97 Å². The lowest BCUT2D eigenvalue weighted by atomic mass is 10.0. The zero-order valence-electron chi connectivity index (χ0n) is 21.9. The molecule has 41 heavy (non-hydrogen) atoms. The van der Waals surface area contributed by atoms with Gasteiger partial charge in [0.05, 0.1) is 26.2 Å². The molecular weight excluding hydrogens is 583 g/mol. The van der Waals surface area contributed by atoms with E-state index in [1.807, 2.05) is 6.07 Å². The SMILES string of the molecule is O=C(O)c1cc(C#Cc2ccc(OCc3c(-c4c(Cl)cccc4Cl)noc3C3CC3)cc2Cl)cc(N2CCCC2)c1. The van der Waals surface area contributed by atoms with Crippen LogP contribution in [0, 0.1) is 11.8 Å². The average Bonchev–Trinajstić information content (AvgIpc) is 3.47. The number of rotatable bonds is 7. The fraction of sp³-hybridized carbons (Fsp3) is 0.250. The molecule has 1 aliphatic heterocycles. The van der Waals surface area contributed by atoms with Crippen LogP contribution in [0.25, 0.3) is 11.3 Å². The number of carboxylic acids is 1. The first-order valence-corrected chi connectivity index (χ1v) is 14.5. The van der Waals surface area contributed by atoms with Gasteiger partial charge in [0.15, 0.2) is 0 Å². The number of aromatic nitrogens is 1. The quantitative estimate of drug-likeness (QED) is 0.213. The molecule has 1 N–H and O–H groups in total. The lowest BCUT2D eigenvalue weighted by molar-refractivity contribution is 0.0697. The molecule has 0 unspecified atom stereocenters. The summed E-state index contributed by atoms with van der Waals surface area (Å²) in [5.41, 5.74) is 4.32. The van der Waals surface area contributed by atoms with Gasteiger partial charge in [0.2, 0.25) is 0 Å². The van der Waals surface area contributed by atoms with Crippen molar-refractivity contribution in [2.24, 2.45) is 0 Å². The Hall–Kier alpha value is -3.63. The van der Waals surface area contributed by atoms with Crippen molar-refractivity contribution in [1.29, 1.82) is 0 Å². The van der Waals surface area contributed by atoms with E-state index in [0.717, 1.165) is 55.8 Å². The fourth-order valence-electron chi connectivity index (χ4n) is 4.99. The number of carboxylic acid groups (broad SMARTS) is 1. The van der Waals surface area contributed by atoms with E-state index in [0.29, 0.717) is 49.1 Å². The molecule has 1 aliphatic carbocycles. The lowest BCUT2D eigenvalue weighted by Crippen LogP contribution is -2.18. The highest BCUT2D eigenvalue weighted by atomic mass is 35.5. The highest BCUT2D eigenvalue weighted by Crippen LogP contribution is 2.46. The Bertz CT molecular complexity index is 1670. The molecule has 0 spiro atoms. The van der Waals surface area contributed by atoms with Crippen molar-refractivity contribution in [3.63, 3.8) is 0 Å². The van der Waals surface area contributed by atoms with Gasteiger partial charge in [-0.2, -0.15) is 0 Å². The van der Waals surface area contributed by atoms with E-state index in [1.165, 1.54) is 0 Å². The van der Waals surface area contributed by atoms with Crippen LogP contribution < -0.4 is 9.64 Å². The van der Waals surface area contributed by atoms with Crippen molar-refractivity contribution in [3.8, 4) is 28.8 Å². The number of benzene rings is 3. The van der Waals surface area contributed by atoms with Gasteiger partial charge in [0.25, 0.3) is 0 Å². The monoisotopic (exact) mass is 606 g/mol. The second-order valence-electron chi connectivity index (χ2n) is 10.2. The molecule has 3 aromatic carbocycles. The maximum atomic E-state index is 11.7. The number of hydrogen-bond donors (Lipinski definition) is 1. The van der Waals surface area contributed by atoms with Crippen LogP contribution in [0.1, 0.15) is 64.4 Å². The van der Waals surface area contributed by atoms with Gasteiger partial charge >= 0.3 is 5.97 Å². The topological polar surface area (TPSA) is 75.8 Å². The molecule has 2 aliphatic rings. The Morgan fingerprint density at radius 1 is 1.00 bits per heavy atom. The van der Waals surface area contributed by atoms with Gasteiger partial charge in [-0.05, 0) is 68.1 Å². The molecule has 208 valence electrons. The predicted octanol–water partition coefficient (Wildman–Crippen LogP) is 8.46. The minimum absolute atomic E-state index is 0.203. The molecule has 0 amide bonds. The summed E-state index contributed by atoms with van der Waals surface area (Å²) < 4.78 is 11.9. The zero-order valence-corrected chi connectivity index (χ0v) is 24.2. The van der Waals surface area contributed by atoms with Gasteiger partial charge in [0, 0.05) is 47.5 Å². The maximum Gasteiger partial charge on any atom is 0.335 e. The molecule has 1 saturated heterocycles. The molecule has 2 heterocycles. The smallest absolute Gasteiger partial charge is 0.335 e. The minimum atomic E-state index is -0.980. The Balaban J connectivity index is 1.23. The van der Waals surface area contributed by atoms with Crippen LogP contribution in [-0.2, 0) is 6.61 Å². The van der Waals surface area contributed by atoms with E-state index in [2.05, 4.69) is 21.9 Å². The van der Waals surface area contributed by atoms with E-state index in [-0.39, 0.29) is 12.2 Å². The second kappa shape index (κ2) is 11.7. The zero-order chi connectivity index (χ0) is 28.5. The van der Waals surface area contributed by atoms with Crippen molar-refractivity contribution < 1.29 is 19.2 Å². The molecule has 4 aromatic rings. The van der Waals surface area contributed by atoms with Crippen LogP contribution in [0.2, 0.25) is 15.1 Å². The molecule has 0 radical (unpaired) electrons. The molecule has 1 saturated carbocycles. The third-order valence-corrected chi connectivity index (χ3v) is 8.21. The van der Waals surface area contributed by atoms with Crippen LogP contribution >= 0.6 is 34.8 Å². The van der Waals surface area contributed by atoms with Gasteiger partial charge in [-0.15, -0.1) is 0 Å². The summed E-state index contributed by atoms with van der Waals surface area (Å²) in [4.78, 5) is 13.9. The highest BCUT2D eigenvalue weighted by molar-refractivity contribution is 6.39. The Morgan fingerprint density at radius 3 is 2.44 bits per heavy atom. The van der Waals surface area contributed by atoms with Crippen molar-refractivity contribution in [3.05, 3.63) is 97.7 Å². The first-order valence-electron chi connectivity index (χ1n) is 13.4. The molecule has 6 nitrogen and oxygen atoms in total. The van der Waals surface area contributed by atoms with Crippen LogP contribution in [0.4, 0.5) is 5.69 Å². The molecule has 1 aromatic heterocycles. The van der Waals surface area contributed by atoms with Crippen LogP contribution in [0.15, 0.2) is 59.1 Å². The van der Waals surface area contributed by atoms with E-state index in [9.17, 15) is 9.90 Å². The number of halogens is 3. The molecule has 0 atom stereocenters. The Morgan fingerprint density at radius 2 is 1.76 bits per heavy atom. The Kier molecular flexibility index (Phi) is 7.86. The lowest BCUT2D eigenvalue weighted by Gasteiger charge is -2.18. The third-order valence-electron chi connectivity index (χ3n) is 7.27. The van der Waals surface area contributed by atoms with Gasteiger partial charge < -0.3 is 19.3 Å². The third kappa shape index (κ3) is 6.04. The van der Waals surface area contributed by atoms with Gasteiger partial charge in [-0.3, -0.25) is 0 Å². The van der Waals surface area contributed by atoms with E-state index in [1.54, 1.807) is 48.5 Å². The number of hydrogen-bond acceptors (Lipinski definition) is 5. The summed E-state index contributed by atoms with van der Waals surface area (Å²) in [6.45, 7) is 2.02. The molecule has 0 bridgehead atoms. The maximum absolute atomic E-state index is 11.7. The van der Waals surface area contributed by atoms with Crippen LogP contribution in [0.5, 0.6) is 5.75 Å². The van der Waals surface area contributed by atoms with Crippen molar-refractivity contribution >= 4 is 46.5 Å². The Labute approximate surface area is 252 Å². The first kappa shape index (κ1) is 27.5. The number of nitrogens with zero attached hydrogens (tertiary/aromatic N) is 2. The first-order chi connectivity index (χ1) is 19.9. The minimum Gasteiger partial charge on any atom is -0.489 e. The summed E-state index contributed by atoms with van der Waals surface area (Å²) in [5.74, 6) is 6.85. The number of carbonyl (C=O) groups is 1. The molecular formula is C32H25Cl3N2O4. The summed E-state index contributed by atoms with van der Waals surface area (Å²) in [7, 11) is 0. The van der Waals surface area contributed by atoms with Gasteiger partial charge in [-0.1, -0.05) is 57.9 Å². The largest absolute Gasteiger partial charge is 0.489 e. The van der Waals surface area contributed by atoms with E-state index in [4.69, 9.17) is 44.1 Å². The fourth-order valence-corrected chi connectivity index (χ4v) is 5.79. The summed E-state index contributed by atoms with van der Waals surface area (Å²) >= 11 is 19.5. The van der Waals surface area contributed by atoms with Gasteiger partial charge in [-0.25, -0.2) is 4.79 Å². The van der Waals surface area contributed by atoms with E-state index >= 15 is 0 Å². The van der Waals surface area contributed by atoms with Crippen molar-refractivity contribution in [2.45, 2.75) is 38.2 Å². The molecule has 6 rings (SSSR count). The average molecular weight is 608 g/mol. The van der Waals surface area contributed by atoms with Gasteiger partial charge in [0.1, 0.15) is 23.8 Å². The number of aromatic carboxylic acids is 1. The normalized spacial score (nSPS) is 14.6. The van der Waals surface area contributed by atoms with Crippen molar-refractivity contribution in [1.82, 2.24) is 5.16 Å². The number of anilines is 1. The second-order valence-corrected chi connectivity index (χ2v) is 11.4. The summed E-state index contributed by atoms with van der Waals surface area (Å²) in [6.07, 6.45) is 4.25.